The minimum absolute atomic E-state index is 0.388. The zero-order valence-electron chi connectivity index (χ0n) is 11.6. The van der Waals surface area contributed by atoms with Crippen molar-refractivity contribution < 1.29 is 26.9 Å². The van der Waals surface area contributed by atoms with Gasteiger partial charge in [-0.25, -0.2) is 17.2 Å². The second-order valence-corrected chi connectivity index (χ2v) is 6.01. The van der Waals surface area contributed by atoms with Crippen molar-refractivity contribution in [3.8, 4) is 5.75 Å². The number of hydrogen-bond donors (Lipinski definition) is 1. The largest absolute Gasteiger partial charge is 0.494 e. The minimum atomic E-state index is -4.33. The number of anilines is 1. The van der Waals surface area contributed by atoms with Crippen LogP contribution in [-0.2, 0) is 10.0 Å². The van der Waals surface area contributed by atoms with E-state index in [9.17, 15) is 27.3 Å². The second kappa shape index (κ2) is 6.16. The van der Waals surface area contributed by atoms with Crippen LogP contribution in [-0.4, -0.2) is 20.5 Å². The molecule has 122 valence electrons. The molecule has 0 heterocycles. The Hall–Kier alpha value is -2.75. The summed E-state index contributed by atoms with van der Waals surface area (Å²) in [4.78, 5) is 9.45. The molecule has 2 aromatic carbocycles. The SMILES string of the molecule is COc1cc(F)c(NS(=O)(=O)c2cccc([N+](=O)[O-])c2)cc1F. The topological polar surface area (TPSA) is 98.5 Å². The van der Waals surface area contributed by atoms with Gasteiger partial charge in [-0.2, -0.15) is 0 Å². The molecular formula is C13H10F2N2O5S. The van der Waals surface area contributed by atoms with Crippen LogP contribution in [0, 0.1) is 21.7 Å². The summed E-state index contributed by atoms with van der Waals surface area (Å²) < 4.78 is 58.0. The minimum Gasteiger partial charge on any atom is -0.494 e. The van der Waals surface area contributed by atoms with Crippen molar-refractivity contribution >= 4 is 21.4 Å². The number of nitrogens with zero attached hydrogens (tertiary/aromatic N) is 1. The van der Waals surface area contributed by atoms with Crippen LogP contribution >= 0.6 is 0 Å². The zero-order chi connectivity index (χ0) is 17.2. The van der Waals surface area contributed by atoms with Gasteiger partial charge in [0, 0.05) is 24.3 Å². The molecule has 0 fully saturated rings. The molecule has 2 aromatic rings. The van der Waals surface area contributed by atoms with Gasteiger partial charge >= 0.3 is 0 Å². The monoisotopic (exact) mass is 344 g/mol. The summed E-state index contributed by atoms with van der Waals surface area (Å²) in [6, 6.07) is 5.46. The molecule has 0 aliphatic heterocycles. The number of benzene rings is 2. The quantitative estimate of drug-likeness (QED) is 0.664. The van der Waals surface area contributed by atoms with Gasteiger partial charge in [0.2, 0.25) is 0 Å². The molecular weight excluding hydrogens is 334 g/mol. The van der Waals surface area contributed by atoms with Gasteiger partial charge in [0.1, 0.15) is 0 Å². The van der Waals surface area contributed by atoms with Crippen LogP contribution in [0.3, 0.4) is 0 Å². The van der Waals surface area contributed by atoms with Gasteiger partial charge in [0.15, 0.2) is 17.4 Å². The predicted molar refractivity (Wildman–Crippen MR) is 76.8 cm³/mol. The molecule has 0 radical (unpaired) electrons. The van der Waals surface area contributed by atoms with E-state index < -0.39 is 42.9 Å². The van der Waals surface area contributed by atoms with Crippen LogP contribution in [0.5, 0.6) is 5.75 Å². The van der Waals surface area contributed by atoms with Gasteiger partial charge in [-0.05, 0) is 6.07 Å². The average molecular weight is 344 g/mol. The standard InChI is InChI=1S/C13H10F2N2O5S/c1-22-13-7-10(14)12(6-11(13)15)16-23(20,21)9-4-2-3-8(5-9)17(18)19/h2-7,16H,1H3. The lowest BCUT2D eigenvalue weighted by molar-refractivity contribution is -0.385. The Balaban J connectivity index is 2.41. The van der Waals surface area contributed by atoms with Gasteiger partial charge in [-0.1, -0.05) is 6.07 Å². The molecule has 10 heteroatoms. The van der Waals surface area contributed by atoms with E-state index in [0.717, 1.165) is 31.4 Å². The van der Waals surface area contributed by atoms with E-state index in [1.165, 1.54) is 0 Å². The fourth-order valence-electron chi connectivity index (χ4n) is 1.73. The molecule has 0 atom stereocenters. The first-order valence-corrected chi connectivity index (χ1v) is 7.53. The van der Waals surface area contributed by atoms with Crippen molar-refractivity contribution in [2.45, 2.75) is 4.90 Å². The van der Waals surface area contributed by atoms with Crippen LogP contribution < -0.4 is 9.46 Å². The summed E-state index contributed by atoms with van der Waals surface area (Å²) >= 11 is 0. The highest BCUT2D eigenvalue weighted by molar-refractivity contribution is 7.92. The van der Waals surface area contributed by atoms with E-state index in [1.807, 2.05) is 4.72 Å². The number of sulfonamides is 1. The maximum atomic E-state index is 13.8. The fourth-order valence-corrected chi connectivity index (χ4v) is 2.83. The lowest BCUT2D eigenvalue weighted by atomic mass is 10.3. The Labute approximate surface area is 129 Å². The van der Waals surface area contributed by atoms with Crippen LogP contribution in [0.25, 0.3) is 0 Å². The predicted octanol–water partition coefficient (Wildman–Crippen LogP) is 2.68. The summed E-state index contributed by atoms with van der Waals surface area (Å²) in [6.45, 7) is 0. The summed E-state index contributed by atoms with van der Waals surface area (Å²) in [7, 11) is -3.20. The van der Waals surface area contributed by atoms with Crippen LogP contribution in [0.15, 0.2) is 41.3 Å². The molecule has 23 heavy (non-hydrogen) atoms. The number of nitrogens with one attached hydrogen (secondary N) is 1. The summed E-state index contributed by atoms with van der Waals surface area (Å²) in [5.74, 6) is -2.41. The van der Waals surface area contributed by atoms with E-state index in [2.05, 4.69) is 4.74 Å². The fraction of sp³-hybridized carbons (Fsp3) is 0.0769. The first-order valence-electron chi connectivity index (χ1n) is 6.05. The zero-order valence-corrected chi connectivity index (χ0v) is 12.4. The number of nitro benzene ring substituents is 1. The third-order valence-electron chi connectivity index (χ3n) is 2.82. The molecule has 1 N–H and O–H groups in total. The molecule has 0 bridgehead atoms. The van der Waals surface area contributed by atoms with E-state index in [4.69, 9.17) is 0 Å². The van der Waals surface area contributed by atoms with Gasteiger partial charge in [0.25, 0.3) is 15.7 Å². The maximum Gasteiger partial charge on any atom is 0.270 e. The van der Waals surface area contributed by atoms with Crippen molar-refractivity contribution in [3.63, 3.8) is 0 Å². The molecule has 0 unspecified atom stereocenters. The molecule has 0 saturated heterocycles. The Morgan fingerprint density at radius 3 is 2.48 bits per heavy atom. The highest BCUT2D eigenvalue weighted by atomic mass is 32.2. The number of ether oxygens (including phenoxy) is 1. The van der Waals surface area contributed by atoms with E-state index in [1.54, 1.807) is 0 Å². The second-order valence-electron chi connectivity index (χ2n) is 4.33. The smallest absolute Gasteiger partial charge is 0.270 e. The van der Waals surface area contributed by atoms with E-state index >= 15 is 0 Å². The van der Waals surface area contributed by atoms with Crippen molar-refractivity contribution in [1.29, 1.82) is 0 Å². The third kappa shape index (κ3) is 3.54. The molecule has 0 aromatic heterocycles. The Morgan fingerprint density at radius 2 is 1.87 bits per heavy atom. The summed E-state index contributed by atoms with van der Waals surface area (Å²) in [6.07, 6.45) is 0. The number of rotatable bonds is 5. The van der Waals surface area contributed by atoms with Gasteiger partial charge in [0.05, 0.1) is 22.6 Å². The molecule has 0 aliphatic carbocycles. The van der Waals surface area contributed by atoms with Crippen molar-refractivity contribution in [3.05, 3.63) is 58.1 Å². The third-order valence-corrected chi connectivity index (χ3v) is 4.19. The van der Waals surface area contributed by atoms with Gasteiger partial charge in [-0.15, -0.1) is 0 Å². The number of methoxy groups -OCH3 is 1. The van der Waals surface area contributed by atoms with E-state index in [0.29, 0.717) is 12.1 Å². The molecule has 0 spiro atoms. The van der Waals surface area contributed by atoms with Crippen LogP contribution in [0.1, 0.15) is 0 Å². The normalized spacial score (nSPS) is 11.1. The summed E-state index contributed by atoms with van der Waals surface area (Å²) in [5, 5.41) is 10.7. The molecule has 0 saturated carbocycles. The first kappa shape index (κ1) is 16.6. The van der Waals surface area contributed by atoms with Crippen molar-refractivity contribution in [2.24, 2.45) is 0 Å². The van der Waals surface area contributed by atoms with Crippen molar-refractivity contribution in [2.75, 3.05) is 11.8 Å². The van der Waals surface area contributed by atoms with Crippen molar-refractivity contribution in [1.82, 2.24) is 0 Å². The molecule has 7 nitrogen and oxygen atoms in total. The first-order chi connectivity index (χ1) is 10.7. The lowest BCUT2D eigenvalue weighted by Crippen LogP contribution is -2.14. The number of non-ortho nitro benzene ring substituents is 1. The number of halogens is 2. The van der Waals surface area contributed by atoms with Crippen LogP contribution in [0.4, 0.5) is 20.2 Å². The maximum absolute atomic E-state index is 13.8. The number of hydrogen-bond acceptors (Lipinski definition) is 5. The van der Waals surface area contributed by atoms with Gasteiger partial charge < -0.3 is 4.74 Å². The lowest BCUT2D eigenvalue weighted by Gasteiger charge is -2.10. The number of nitro groups is 1. The van der Waals surface area contributed by atoms with E-state index in [-0.39, 0.29) is 5.75 Å². The average Bonchev–Trinajstić information content (AvgIpc) is 2.50. The highest BCUT2D eigenvalue weighted by Gasteiger charge is 2.20. The molecule has 0 aliphatic rings. The highest BCUT2D eigenvalue weighted by Crippen LogP contribution is 2.27. The Kier molecular flexibility index (Phi) is 4.45. The Bertz CT molecular complexity index is 871. The van der Waals surface area contributed by atoms with Gasteiger partial charge in [-0.3, -0.25) is 14.8 Å². The summed E-state index contributed by atoms with van der Waals surface area (Å²) in [5.41, 5.74) is -1.09. The molecule has 2 rings (SSSR count). The molecule has 0 amide bonds. The van der Waals surface area contributed by atoms with Crippen LogP contribution in [0.2, 0.25) is 0 Å². The Morgan fingerprint density at radius 1 is 1.17 bits per heavy atom.